The minimum absolute atomic E-state index is 0.0819. The summed E-state index contributed by atoms with van der Waals surface area (Å²) in [7, 11) is 0. The Kier molecular flexibility index (Phi) is 6.10. The maximum absolute atomic E-state index is 12.1. The number of piperidine rings is 1. The van der Waals surface area contributed by atoms with Gasteiger partial charge in [0.2, 0.25) is 0 Å². The third kappa shape index (κ3) is 4.09. The van der Waals surface area contributed by atoms with E-state index in [4.69, 9.17) is 4.74 Å². The second-order valence-corrected chi connectivity index (χ2v) is 5.76. The number of urea groups is 1. The first-order valence-corrected chi connectivity index (χ1v) is 8.13. The highest BCUT2D eigenvalue weighted by Gasteiger charge is 2.26. The van der Waals surface area contributed by atoms with Crippen LogP contribution in [0.5, 0.6) is 0 Å². The van der Waals surface area contributed by atoms with E-state index in [0.29, 0.717) is 12.6 Å². The van der Waals surface area contributed by atoms with Crippen LogP contribution >= 0.6 is 0 Å². The average Bonchev–Trinajstić information content (AvgIpc) is 3.00. The van der Waals surface area contributed by atoms with E-state index >= 15 is 0 Å². The zero-order chi connectivity index (χ0) is 14.4. The number of nitrogens with zero attached hydrogens (tertiary/aromatic N) is 2. The maximum Gasteiger partial charge on any atom is 0.317 e. The predicted octanol–water partition coefficient (Wildman–Crippen LogP) is 1.68. The molecule has 0 aliphatic carbocycles. The molecule has 0 aromatic carbocycles. The summed E-state index contributed by atoms with van der Waals surface area (Å²) in [4.78, 5) is 16.6. The van der Waals surface area contributed by atoms with E-state index in [1.165, 1.54) is 0 Å². The number of hydrogen-bond acceptors (Lipinski definition) is 3. The second-order valence-electron chi connectivity index (χ2n) is 5.76. The van der Waals surface area contributed by atoms with Gasteiger partial charge in [-0.25, -0.2) is 4.79 Å². The van der Waals surface area contributed by atoms with E-state index in [1.54, 1.807) is 0 Å². The number of hydrogen-bond donors (Lipinski definition) is 1. The Bertz CT molecular complexity index is 293. The van der Waals surface area contributed by atoms with E-state index in [2.05, 4.69) is 24.1 Å². The molecule has 2 heterocycles. The van der Waals surface area contributed by atoms with Gasteiger partial charge in [0, 0.05) is 32.3 Å². The summed E-state index contributed by atoms with van der Waals surface area (Å²) >= 11 is 0. The first kappa shape index (κ1) is 15.6. The van der Waals surface area contributed by atoms with Gasteiger partial charge in [-0.2, -0.15) is 0 Å². The number of ether oxygens (including phenoxy) is 1. The molecule has 5 nitrogen and oxygen atoms in total. The fraction of sp³-hybridized carbons (Fsp3) is 0.933. The van der Waals surface area contributed by atoms with Crippen LogP contribution in [0.4, 0.5) is 4.79 Å². The Morgan fingerprint density at radius 1 is 1.25 bits per heavy atom. The van der Waals surface area contributed by atoms with E-state index < -0.39 is 0 Å². The van der Waals surface area contributed by atoms with Gasteiger partial charge < -0.3 is 19.9 Å². The number of amides is 2. The molecule has 20 heavy (non-hydrogen) atoms. The summed E-state index contributed by atoms with van der Waals surface area (Å²) in [6.45, 7) is 9.88. The highest BCUT2D eigenvalue weighted by Crippen LogP contribution is 2.16. The maximum atomic E-state index is 12.1. The lowest BCUT2D eigenvalue weighted by Crippen LogP contribution is -2.50. The van der Waals surface area contributed by atoms with Crippen LogP contribution in [0.25, 0.3) is 0 Å². The second kappa shape index (κ2) is 7.84. The van der Waals surface area contributed by atoms with Crippen molar-refractivity contribution in [3.63, 3.8) is 0 Å². The minimum Gasteiger partial charge on any atom is -0.376 e. The molecule has 2 rings (SSSR count). The Morgan fingerprint density at radius 3 is 2.50 bits per heavy atom. The largest absolute Gasteiger partial charge is 0.376 e. The van der Waals surface area contributed by atoms with Crippen molar-refractivity contribution in [1.82, 2.24) is 15.1 Å². The Morgan fingerprint density at radius 2 is 1.95 bits per heavy atom. The molecule has 0 bridgehead atoms. The van der Waals surface area contributed by atoms with E-state index in [-0.39, 0.29) is 12.1 Å². The highest BCUT2D eigenvalue weighted by molar-refractivity contribution is 5.74. The minimum atomic E-state index is 0.0819. The summed E-state index contributed by atoms with van der Waals surface area (Å²) in [5.41, 5.74) is 0. The molecule has 0 aromatic heterocycles. The average molecular weight is 283 g/mol. The molecule has 2 fully saturated rings. The van der Waals surface area contributed by atoms with Gasteiger partial charge >= 0.3 is 6.03 Å². The predicted molar refractivity (Wildman–Crippen MR) is 79.9 cm³/mol. The third-order valence-corrected chi connectivity index (χ3v) is 4.59. The van der Waals surface area contributed by atoms with Crippen molar-refractivity contribution in [3.05, 3.63) is 0 Å². The lowest BCUT2D eigenvalue weighted by atomic mass is 10.0. The van der Waals surface area contributed by atoms with Gasteiger partial charge in [-0.3, -0.25) is 0 Å². The van der Waals surface area contributed by atoms with Crippen molar-refractivity contribution in [1.29, 1.82) is 0 Å². The molecule has 0 radical (unpaired) electrons. The van der Waals surface area contributed by atoms with Crippen molar-refractivity contribution >= 4 is 6.03 Å². The van der Waals surface area contributed by atoms with Crippen LogP contribution in [0.1, 0.15) is 39.5 Å². The SMILES string of the molecule is CCN(CC)C1CCN(C(=O)NCC2CCCO2)CC1. The lowest BCUT2D eigenvalue weighted by molar-refractivity contribution is 0.103. The molecule has 0 saturated carbocycles. The molecule has 1 unspecified atom stereocenters. The van der Waals surface area contributed by atoms with Crippen molar-refractivity contribution < 1.29 is 9.53 Å². The van der Waals surface area contributed by atoms with Gasteiger partial charge in [0.15, 0.2) is 0 Å². The summed E-state index contributed by atoms with van der Waals surface area (Å²) < 4.78 is 5.53. The van der Waals surface area contributed by atoms with Crippen LogP contribution in [0, 0.1) is 0 Å². The van der Waals surface area contributed by atoms with Crippen molar-refractivity contribution in [2.75, 3.05) is 39.3 Å². The fourth-order valence-electron chi connectivity index (χ4n) is 3.29. The van der Waals surface area contributed by atoms with E-state index in [9.17, 15) is 4.79 Å². The van der Waals surface area contributed by atoms with E-state index in [1.807, 2.05) is 4.90 Å². The number of carbonyl (C=O) groups is 1. The molecule has 0 aromatic rings. The first-order chi connectivity index (χ1) is 9.74. The highest BCUT2D eigenvalue weighted by atomic mass is 16.5. The van der Waals surface area contributed by atoms with Gasteiger partial charge in [-0.15, -0.1) is 0 Å². The van der Waals surface area contributed by atoms with E-state index in [0.717, 1.165) is 58.5 Å². The number of carbonyl (C=O) groups excluding carboxylic acids is 1. The number of nitrogens with one attached hydrogen (secondary N) is 1. The molecular weight excluding hydrogens is 254 g/mol. The molecule has 116 valence electrons. The summed E-state index contributed by atoms with van der Waals surface area (Å²) in [5.74, 6) is 0. The first-order valence-electron chi connectivity index (χ1n) is 8.13. The summed E-state index contributed by atoms with van der Waals surface area (Å²) in [5, 5.41) is 3.01. The van der Waals surface area contributed by atoms with Crippen molar-refractivity contribution in [3.8, 4) is 0 Å². The third-order valence-electron chi connectivity index (χ3n) is 4.59. The van der Waals surface area contributed by atoms with Gasteiger partial charge in [0.1, 0.15) is 0 Å². The van der Waals surface area contributed by atoms with Gasteiger partial charge in [0.25, 0.3) is 0 Å². The Labute approximate surface area is 122 Å². The van der Waals surface area contributed by atoms with Gasteiger partial charge in [0.05, 0.1) is 6.10 Å². The van der Waals surface area contributed by atoms with Crippen LogP contribution in [-0.4, -0.2) is 67.3 Å². The quantitative estimate of drug-likeness (QED) is 0.835. The van der Waals surface area contributed by atoms with Gasteiger partial charge in [-0.1, -0.05) is 13.8 Å². The number of likely N-dealkylation sites (tertiary alicyclic amines) is 1. The lowest BCUT2D eigenvalue weighted by Gasteiger charge is -2.37. The monoisotopic (exact) mass is 283 g/mol. The van der Waals surface area contributed by atoms with Crippen LogP contribution in [0.3, 0.4) is 0 Å². The zero-order valence-corrected chi connectivity index (χ0v) is 12.9. The van der Waals surface area contributed by atoms with Crippen molar-refractivity contribution in [2.45, 2.75) is 51.7 Å². The smallest absolute Gasteiger partial charge is 0.317 e. The molecule has 2 aliphatic rings. The summed E-state index contributed by atoms with van der Waals surface area (Å²) in [6, 6.07) is 0.728. The fourth-order valence-corrected chi connectivity index (χ4v) is 3.29. The zero-order valence-electron chi connectivity index (χ0n) is 12.9. The Hall–Kier alpha value is -0.810. The van der Waals surface area contributed by atoms with Crippen LogP contribution < -0.4 is 5.32 Å². The van der Waals surface area contributed by atoms with Crippen LogP contribution in [-0.2, 0) is 4.74 Å². The standard InChI is InChI=1S/C15H29N3O2/c1-3-17(4-2)13-7-9-18(10-8-13)15(19)16-12-14-6-5-11-20-14/h13-14H,3-12H2,1-2H3,(H,16,19). The molecular formula is C15H29N3O2. The van der Waals surface area contributed by atoms with Crippen LogP contribution in [0.2, 0.25) is 0 Å². The summed E-state index contributed by atoms with van der Waals surface area (Å²) in [6.07, 6.45) is 4.61. The topological polar surface area (TPSA) is 44.8 Å². The number of rotatable bonds is 5. The molecule has 1 N–H and O–H groups in total. The van der Waals surface area contributed by atoms with Crippen molar-refractivity contribution in [2.24, 2.45) is 0 Å². The Balaban J connectivity index is 1.68. The normalized spacial score (nSPS) is 24.4. The molecule has 0 spiro atoms. The molecule has 2 amide bonds. The molecule has 5 heteroatoms. The van der Waals surface area contributed by atoms with Gasteiger partial charge in [-0.05, 0) is 38.8 Å². The molecule has 2 aliphatic heterocycles. The molecule has 2 saturated heterocycles. The molecule has 1 atom stereocenters. The van der Waals surface area contributed by atoms with Crippen LogP contribution in [0.15, 0.2) is 0 Å².